The zero-order valence-electron chi connectivity index (χ0n) is 11.3. The molecular weight excluding hydrogens is 400 g/mol. The number of pyridine rings is 1. The van der Waals surface area contributed by atoms with Gasteiger partial charge in [0.1, 0.15) is 10.5 Å². The molecule has 21 heavy (non-hydrogen) atoms. The maximum Gasteiger partial charge on any atom is 0.227 e. The lowest BCUT2D eigenvalue weighted by atomic mass is 10.1. The predicted octanol–water partition coefficient (Wildman–Crippen LogP) is 0.523. The van der Waals surface area contributed by atoms with Gasteiger partial charge in [-0.2, -0.15) is 4.57 Å². The minimum absolute atomic E-state index is 0. The molecule has 0 aliphatic carbocycles. The van der Waals surface area contributed by atoms with Gasteiger partial charge in [-0.15, -0.1) is 11.3 Å². The van der Waals surface area contributed by atoms with Crippen molar-refractivity contribution in [3.8, 4) is 0 Å². The normalized spacial score (nSPS) is 10.4. The largest absolute Gasteiger partial charge is 1.00 e. The predicted molar refractivity (Wildman–Crippen MR) is 77.5 cm³/mol. The van der Waals surface area contributed by atoms with E-state index in [0.717, 1.165) is 5.69 Å². The summed E-state index contributed by atoms with van der Waals surface area (Å²) in [6.45, 7) is 2.28. The van der Waals surface area contributed by atoms with Gasteiger partial charge in [-0.3, -0.25) is 4.79 Å². The topological polar surface area (TPSA) is 20.9 Å². The fourth-order valence-electron chi connectivity index (χ4n) is 2.21. The Hall–Kier alpha value is -1.34. The van der Waals surface area contributed by atoms with Crippen LogP contribution in [-0.4, -0.2) is 5.78 Å². The molecule has 0 radical (unpaired) electrons. The molecule has 0 aliphatic rings. The summed E-state index contributed by atoms with van der Waals surface area (Å²) in [6.07, 6.45) is 1.92. The summed E-state index contributed by atoms with van der Waals surface area (Å²) in [5, 5.41) is 3.24. The minimum Gasteiger partial charge on any atom is -1.00 e. The molecule has 0 aliphatic heterocycles. The number of nitrogens with zero attached hydrogens (tertiary/aromatic N) is 1. The molecule has 1 aromatic carbocycles. The van der Waals surface area contributed by atoms with Crippen LogP contribution in [0.2, 0.25) is 0 Å². The molecule has 2 aromatic heterocycles. The van der Waals surface area contributed by atoms with Crippen LogP contribution in [0, 0.1) is 12.7 Å². The van der Waals surface area contributed by atoms with E-state index in [1.807, 2.05) is 29.1 Å². The summed E-state index contributed by atoms with van der Waals surface area (Å²) in [5.41, 5.74) is 1.61. The van der Waals surface area contributed by atoms with Gasteiger partial charge >= 0.3 is 0 Å². The Bertz CT molecular complexity index is 783. The number of carbonyl (C=O) groups is 1. The van der Waals surface area contributed by atoms with Crippen LogP contribution in [0.15, 0.2) is 48.0 Å². The number of thiophene rings is 1. The van der Waals surface area contributed by atoms with Gasteiger partial charge in [0.25, 0.3) is 0 Å². The van der Waals surface area contributed by atoms with Crippen LogP contribution in [0.25, 0.3) is 10.1 Å². The number of hydrogen-bond donors (Lipinski definition) is 0. The van der Waals surface area contributed by atoms with Crippen LogP contribution in [0.3, 0.4) is 0 Å². The molecule has 0 fully saturated rings. The van der Waals surface area contributed by atoms with E-state index in [1.54, 1.807) is 11.3 Å². The third-order valence-corrected chi connectivity index (χ3v) is 4.41. The van der Waals surface area contributed by atoms with E-state index >= 15 is 0 Å². The number of carbonyl (C=O) groups excluding carboxylic acids is 1. The van der Waals surface area contributed by atoms with Gasteiger partial charge in [-0.25, -0.2) is 4.39 Å². The zero-order chi connectivity index (χ0) is 14.1. The highest BCUT2D eigenvalue weighted by molar-refractivity contribution is 7.17. The van der Waals surface area contributed by atoms with Crippen molar-refractivity contribution in [2.75, 3.05) is 0 Å². The number of benzene rings is 1. The van der Waals surface area contributed by atoms with Gasteiger partial charge in [0, 0.05) is 23.9 Å². The van der Waals surface area contributed by atoms with Crippen molar-refractivity contribution >= 4 is 27.2 Å². The van der Waals surface area contributed by atoms with Crippen LogP contribution in [0.5, 0.6) is 0 Å². The fraction of sp³-hybridized carbons (Fsp3) is 0.125. The molecular formula is C16H13FINOS. The van der Waals surface area contributed by atoms with Gasteiger partial charge in [0.15, 0.2) is 11.9 Å². The Labute approximate surface area is 143 Å². The van der Waals surface area contributed by atoms with E-state index in [9.17, 15) is 9.18 Å². The highest BCUT2D eigenvalue weighted by atomic mass is 127. The number of aromatic nitrogens is 1. The van der Waals surface area contributed by atoms with Gasteiger partial charge in [-0.1, -0.05) is 0 Å². The minimum atomic E-state index is -0.328. The van der Waals surface area contributed by atoms with Crippen molar-refractivity contribution in [1.82, 2.24) is 0 Å². The molecule has 0 spiro atoms. The second-order valence-corrected chi connectivity index (χ2v) is 5.58. The average molecular weight is 413 g/mol. The molecule has 5 heteroatoms. The number of ketones is 1. The zero-order valence-corrected chi connectivity index (χ0v) is 14.3. The van der Waals surface area contributed by atoms with Crippen LogP contribution < -0.4 is 28.5 Å². The van der Waals surface area contributed by atoms with Gasteiger partial charge in [-0.05, 0) is 35.7 Å². The standard InChI is InChI=1S/C16H13FNOS.HI/c1-11-16-13(7-9-20-16)6-8-18(11)10-15(19)12-2-4-14(17)5-3-12;/h2-9H,10H2,1H3;1H/q+1;/p-1. The van der Waals surface area contributed by atoms with E-state index in [0.29, 0.717) is 5.56 Å². The molecule has 0 N–H and O–H groups in total. The number of Topliss-reactive ketones (excluding diaryl/α,β-unsaturated/α-hetero) is 1. The highest BCUT2D eigenvalue weighted by Gasteiger charge is 2.17. The second-order valence-electron chi connectivity index (χ2n) is 4.66. The number of fused-ring (bicyclic) bond motifs is 1. The van der Waals surface area contributed by atoms with Gasteiger partial charge in [0.2, 0.25) is 12.3 Å². The Morgan fingerprint density at radius 1 is 1.19 bits per heavy atom. The Morgan fingerprint density at radius 3 is 2.62 bits per heavy atom. The van der Waals surface area contributed by atoms with Crippen LogP contribution in [0.4, 0.5) is 4.39 Å². The second kappa shape index (κ2) is 6.62. The molecule has 3 rings (SSSR count). The first kappa shape index (κ1) is 16.0. The van der Waals surface area contributed by atoms with Crippen molar-refractivity contribution in [2.24, 2.45) is 0 Å². The van der Waals surface area contributed by atoms with Gasteiger partial charge in [0.05, 0.1) is 0 Å². The van der Waals surface area contributed by atoms with E-state index in [1.165, 1.54) is 34.4 Å². The molecule has 0 atom stereocenters. The SMILES string of the molecule is Cc1c2sccc2cc[n+]1CC(=O)c1ccc(F)cc1.[I-]. The first-order valence-electron chi connectivity index (χ1n) is 6.30. The van der Waals surface area contributed by atoms with Gasteiger partial charge < -0.3 is 24.0 Å². The van der Waals surface area contributed by atoms with Crippen molar-refractivity contribution < 1.29 is 37.7 Å². The van der Waals surface area contributed by atoms with Crippen molar-refractivity contribution in [3.63, 3.8) is 0 Å². The summed E-state index contributed by atoms with van der Waals surface area (Å²) in [5.74, 6) is -0.348. The smallest absolute Gasteiger partial charge is 0.227 e. The summed E-state index contributed by atoms with van der Waals surface area (Å²) < 4.78 is 16.0. The van der Waals surface area contributed by atoms with Crippen molar-refractivity contribution in [2.45, 2.75) is 13.5 Å². The lowest BCUT2D eigenvalue weighted by molar-refractivity contribution is -0.687. The third-order valence-electron chi connectivity index (χ3n) is 3.37. The molecule has 0 bridgehead atoms. The van der Waals surface area contributed by atoms with E-state index in [2.05, 4.69) is 6.07 Å². The maximum atomic E-state index is 12.9. The van der Waals surface area contributed by atoms with E-state index in [-0.39, 0.29) is 42.1 Å². The lowest BCUT2D eigenvalue weighted by Gasteiger charge is -2.02. The number of rotatable bonds is 3. The fourth-order valence-corrected chi connectivity index (χ4v) is 3.12. The summed E-state index contributed by atoms with van der Waals surface area (Å²) >= 11 is 1.67. The quantitative estimate of drug-likeness (QED) is 0.349. The molecule has 2 nitrogen and oxygen atoms in total. The number of hydrogen-bond acceptors (Lipinski definition) is 2. The number of halogens is 2. The first-order chi connectivity index (χ1) is 9.65. The van der Waals surface area contributed by atoms with E-state index in [4.69, 9.17) is 0 Å². The number of aryl methyl sites for hydroxylation is 1. The van der Waals surface area contributed by atoms with Crippen LogP contribution in [-0.2, 0) is 6.54 Å². The maximum absolute atomic E-state index is 12.9. The van der Waals surface area contributed by atoms with Crippen molar-refractivity contribution in [3.05, 3.63) is 65.0 Å². The van der Waals surface area contributed by atoms with E-state index < -0.39 is 0 Å². The van der Waals surface area contributed by atoms with Crippen LogP contribution >= 0.6 is 11.3 Å². The third kappa shape index (κ3) is 3.29. The Kier molecular flexibility index (Phi) is 5.05. The average Bonchev–Trinajstić information content (AvgIpc) is 2.92. The molecule has 3 aromatic rings. The summed E-state index contributed by atoms with van der Waals surface area (Å²) in [7, 11) is 0. The Balaban J connectivity index is 0.00000161. The monoisotopic (exact) mass is 413 g/mol. The molecule has 0 amide bonds. The summed E-state index contributed by atoms with van der Waals surface area (Å²) in [6, 6.07) is 9.75. The lowest BCUT2D eigenvalue weighted by Crippen LogP contribution is -3.00. The molecule has 0 saturated heterocycles. The highest BCUT2D eigenvalue weighted by Crippen LogP contribution is 2.21. The van der Waals surface area contributed by atoms with Crippen molar-refractivity contribution in [1.29, 1.82) is 0 Å². The van der Waals surface area contributed by atoms with Crippen LogP contribution in [0.1, 0.15) is 16.1 Å². The Morgan fingerprint density at radius 2 is 1.90 bits per heavy atom. The molecule has 108 valence electrons. The molecule has 2 heterocycles. The molecule has 0 unspecified atom stereocenters. The first-order valence-corrected chi connectivity index (χ1v) is 7.18. The molecule has 0 saturated carbocycles. The summed E-state index contributed by atoms with van der Waals surface area (Å²) in [4.78, 5) is 12.2.